The van der Waals surface area contributed by atoms with Gasteiger partial charge in [-0.15, -0.1) is 5.10 Å². The quantitative estimate of drug-likeness (QED) is 0.568. The van der Waals surface area contributed by atoms with Crippen LogP contribution in [-0.4, -0.2) is 53.6 Å². The lowest BCUT2D eigenvalue weighted by Gasteiger charge is -2.32. The van der Waals surface area contributed by atoms with Gasteiger partial charge in [0.25, 0.3) is 0 Å². The minimum atomic E-state index is -0.147. The van der Waals surface area contributed by atoms with Gasteiger partial charge in [-0.05, 0) is 44.0 Å². The number of aromatic nitrogens is 3. The topological polar surface area (TPSA) is 86.5 Å². The van der Waals surface area contributed by atoms with Crippen LogP contribution in [0.25, 0.3) is 5.69 Å². The number of anilines is 1. The number of ether oxygens (including phenoxy) is 2. The normalized spacial score (nSPS) is 14.9. The molecule has 1 saturated heterocycles. The van der Waals surface area contributed by atoms with Gasteiger partial charge >= 0.3 is 5.97 Å². The van der Waals surface area contributed by atoms with Crippen molar-refractivity contribution in [3.05, 3.63) is 30.0 Å². The van der Waals surface area contributed by atoms with Crippen LogP contribution in [0.3, 0.4) is 0 Å². The third kappa shape index (κ3) is 3.94. The van der Waals surface area contributed by atoms with Crippen LogP contribution in [0.5, 0.6) is 5.75 Å². The molecule has 0 radical (unpaired) electrons. The first-order valence-corrected chi connectivity index (χ1v) is 9.07. The number of carbonyl (C=O) groups is 2. The van der Waals surface area contributed by atoms with Gasteiger partial charge in [0.2, 0.25) is 0 Å². The van der Waals surface area contributed by atoms with Crippen molar-refractivity contribution in [3.8, 4) is 11.4 Å². The summed E-state index contributed by atoms with van der Waals surface area (Å²) in [5.74, 6) is 1.01. The van der Waals surface area contributed by atoms with Gasteiger partial charge in [0.1, 0.15) is 5.75 Å². The fourth-order valence-electron chi connectivity index (χ4n) is 3.27. The molecule has 0 spiro atoms. The predicted octanol–water partition coefficient (Wildman–Crippen LogP) is 2.26. The fourth-order valence-corrected chi connectivity index (χ4v) is 3.27. The van der Waals surface area contributed by atoms with Crippen molar-refractivity contribution in [2.75, 3.05) is 31.7 Å². The monoisotopic (exact) mass is 372 g/mol. The number of nitrogens with zero attached hydrogens (tertiary/aromatic N) is 4. The summed E-state index contributed by atoms with van der Waals surface area (Å²) in [4.78, 5) is 26.1. The van der Waals surface area contributed by atoms with E-state index in [1.807, 2.05) is 31.2 Å². The second-order valence-corrected chi connectivity index (χ2v) is 6.44. The van der Waals surface area contributed by atoms with E-state index in [1.165, 1.54) is 6.92 Å². The molecule has 0 N–H and O–H groups in total. The van der Waals surface area contributed by atoms with Crippen LogP contribution in [-0.2, 0) is 9.53 Å². The Morgan fingerprint density at radius 2 is 1.85 bits per heavy atom. The molecule has 0 saturated carbocycles. The highest BCUT2D eigenvalue weighted by Crippen LogP contribution is 2.29. The molecular formula is C19H24N4O4. The summed E-state index contributed by atoms with van der Waals surface area (Å²) in [6.45, 7) is 4.95. The third-order valence-corrected chi connectivity index (χ3v) is 4.71. The van der Waals surface area contributed by atoms with Gasteiger partial charge in [-0.3, -0.25) is 9.59 Å². The second-order valence-electron chi connectivity index (χ2n) is 6.44. The molecule has 0 atom stereocenters. The zero-order valence-electron chi connectivity index (χ0n) is 15.8. The summed E-state index contributed by atoms with van der Waals surface area (Å²) in [6.07, 6.45) is 1.34. The van der Waals surface area contributed by atoms with E-state index in [0.717, 1.165) is 11.4 Å². The Morgan fingerprint density at radius 1 is 1.19 bits per heavy atom. The maximum atomic E-state index is 12.1. The number of Topliss-reactive ketones (excluding diaryl/α,β-unsaturated/α-hetero) is 1. The number of methoxy groups -OCH3 is 1. The first-order chi connectivity index (χ1) is 13.0. The number of carbonyl (C=O) groups excluding carboxylic acids is 2. The molecule has 8 nitrogen and oxygen atoms in total. The molecule has 1 fully saturated rings. The molecule has 1 aliphatic rings. The van der Waals surface area contributed by atoms with E-state index in [9.17, 15) is 9.59 Å². The Labute approximate surface area is 158 Å². The average Bonchev–Trinajstić information content (AvgIpc) is 3.14. The Morgan fingerprint density at radius 3 is 2.41 bits per heavy atom. The average molecular weight is 372 g/mol. The Kier molecular flexibility index (Phi) is 5.73. The molecule has 27 heavy (non-hydrogen) atoms. The van der Waals surface area contributed by atoms with E-state index >= 15 is 0 Å². The lowest BCUT2D eigenvalue weighted by atomic mass is 9.97. The highest BCUT2D eigenvalue weighted by molar-refractivity contribution is 5.97. The number of piperidine rings is 1. The van der Waals surface area contributed by atoms with Crippen LogP contribution in [0.4, 0.5) is 5.82 Å². The Balaban J connectivity index is 1.87. The highest BCUT2D eigenvalue weighted by Gasteiger charge is 2.30. The van der Waals surface area contributed by atoms with E-state index in [0.29, 0.717) is 44.0 Å². The Hall–Kier alpha value is -2.90. The van der Waals surface area contributed by atoms with Crippen LogP contribution in [0.2, 0.25) is 0 Å². The number of esters is 1. The Bertz CT molecular complexity index is 808. The van der Waals surface area contributed by atoms with Gasteiger partial charge in [-0.25, -0.2) is 0 Å². The lowest BCUT2D eigenvalue weighted by molar-refractivity contribution is -0.148. The van der Waals surface area contributed by atoms with E-state index in [1.54, 1.807) is 11.8 Å². The molecule has 1 aromatic heterocycles. The largest absolute Gasteiger partial charge is 0.497 e. The zero-order valence-corrected chi connectivity index (χ0v) is 15.8. The van der Waals surface area contributed by atoms with Crippen molar-refractivity contribution in [2.45, 2.75) is 26.7 Å². The summed E-state index contributed by atoms with van der Waals surface area (Å²) < 4.78 is 12.0. The summed E-state index contributed by atoms with van der Waals surface area (Å²) in [6, 6.07) is 7.40. The van der Waals surface area contributed by atoms with Crippen molar-refractivity contribution in [1.82, 2.24) is 15.0 Å². The summed E-state index contributed by atoms with van der Waals surface area (Å²) in [7, 11) is 1.61. The predicted molar refractivity (Wildman–Crippen MR) is 99.5 cm³/mol. The number of hydrogen-bond donors (Lipinski definition) is 0. The maximum absolute atomic E-state index is 12.1. The maximum Gasteiger partial charge on any atom is 0.309 e. The lowest BCUT2D eigenvalue weighted by Crippen LogP contribution is -2.38. The molecule has 0 unspecified atom stereocenters. The molecule has 1 aliphatic heterocycles. The number of rotatable bonds is 6. The summed E-state index contributed by atoms with van der Waals surface area (Å²) >= 11 is 0. The molecular weight excluding hydrogens is 348 g/mol. The van der Waals surface area contributed by atoms with E-state index < -0.39 is 0 Å². The fraction of sp³-hybridized carbons (Fsp3) is 0.474. The van der Waals surface area contributed by atoms with Gasteiger partial charge in [0.05, 0.1) is 25.3 Å². The van der Waals surface area contributed by atoms with Gasteiger partial charge in [-0.2, -0.15) is 4.68 Å². The molecule has 0 amide bonds. The molecule has 2 heterocycles. The van der Waals surface area contributed by atoms with Crippen LogP contribution in [0, 0.1) is 5.92 Å². The number of hydrogen-bond acceptors (Lipinski definition) is 7. The molecule has 2 aromatic rings. The van der Waals surface area contributed by atoms with Crippen molar-refractivity contribution in [2.24, 2.45) is 5.92 Å². The van der Waals surface area contributed by atoms with Crippen LogP contribution in [0.15, 0.2) is 24.3 Å². The first kappa shape index (κ1) is 18.9. The molecule has 1 aromatic carbocycles. The number of benzene rings is 1. The molecule has 8 heteroatoms. The number of ketones is 1. The van der Waals surface area contributed by atoms with E-state index in [-0.39, 0.29) is 17.7 Å². The summed E-state index contributed by atoms with van der Waals surface area (Å²) in [5, 5.41) is 8.29. The summed E-state index contributed by atoms with van der Waals surface area (Å²) in [5.41, 5.74) is 1.12. The van der Waals surface area contributed by atoms with Crippen LogP contribution in [0.1, 0.15) is 37.2 Å². The molecule has 0 bridgehead atoms. The zero-order chi connectivity index (χ0) is 19.4. The standard InChI is InChI=1S/C19H24N4O4/c1-4-27-19(25)14-9-11-22(12-10-14)18-17(13(2)24)20-21-23(18)15-5-7-16(26-3)8-6-15/h5-8,14H,4,9-12H2,1-3H3. The smallest absolute Gasteiger partial charge is 0.309 e. The minimum absolute atomic E-state index is 0.104. The molecule has 144 valence electrons. The SMILES string of the molecule is CCOC(=O)C1CCN(c2c(C(C)=O)nnn2-c2ccc(OC)cc2)CC1. The van der Waals surface area contributed by atoms with Gasteiger partial charge in [0.15, 0.2) is 17.3 Å². The van der Waals surface area contributed by atoms with Crippen molar-refractivity contribution in [1.29, 1.82) is 0 Å². The van der Waals surface area contributed by atoms with E-state index in [2.05, 4.69) is 15.2 Å². The van der Waals surface area contributed by atoms with Crippen LogP contribution < -0.4 is 9.64 Å². The molecule has 0 aliphatic carbocycles. The van der Waals surface area contributed by atoms with Gasteiger partial charge < -0.3 is 14.4 Å². The highest BCUT2D eigenvalue weighted by atomic mass is 16.5. The second kappa shape index (κ2) is 8.20. The van der Waals surface area contributed by atoms with Gasteiger partial charge in [0, 0.05) is 20.0 Å². The first-order valence-electron chi connectivity index (χ1n) is 9.07. The van der Waals surface area contributed by atoms with Crippen LogP contribution >= 0.6 is 0 Å². The molecule has 3 rings (SSSR count). The van der Waals surface area contributed by atoms with Gasteiger partial charge in [-0.1, -0.05) is 5.21 Å². The van der Waals surface area contributed by atoms with Crippen molar-refractivity contribution in [3.63, 3.8) is 0 Å². The minimum Gasteiger partial charge on any atom is -0.497 e. The third-order valence-electron chi connectivity index (χ3n) is 4.71. The van der Waals surface area contributed by atoms with Crippen molar-refractivity contribution < 1.29 is 19.1 Å². The van der Waals surface area contributed by atoms with E-state index in [4.69, 9.17) is 9.47 Å². The van der Waals surface area contributed by atoms with Crippen molar-refractivity contribution >= 4 is 17.6 Å².